The Balaban J connectivity index is 0.000000239. The van der Waals surface area contributed by atoms with Crippen LogP contribution in [0.15, 0.2) is 48.5 Å². The molecule has 2 heteroatoms. The third-order valence-electron chi connectivity index (χ3n) is 2.41. The average molecular weight is 226 g/mol. The molecule has 1 heterocycles. The molecule has 3 rings (SSSR count). The zero-order valence-corrected chi connectivity index (χ0v) is 10.6. The highest BCUT2D eigenvalue weighted by atomic mass is 15.0. The molecule has 0 atom stereocenters. The summed E-state index contributed by atoms with van der Waals surface area (Å²) in [6.07, 6.45) is 0. The highest BCUT2D eigenvalue weighted by molar-refractivity contribution is 6.06. The lowest BCUT2D eigenvalue weighted by Crippen LogP contribution is -1.99. The van der Waals surface area contributed by atoms with E-state index in [2.05, 4.69) is 53.5 Å². The summed E-state index contributed by atoms with van der Waals surface area (Å²) < 4.78 is 0. The number of nitrogens with zero attached hydrogens (tertiary/aromatic N) is 1. The van der Waals surface area contributed by atoms with E-state index in [1.54, 1.807) is 0 Å². The monoisotopic (exact) mass is 226 g/mol. The molecule has 2 nitrogen and oxygen atoms in total. The predicted octanol–water partition coefficient (Wildman–Crippen LogP) is 3.50. The van der Waals surface area contributed by atoms with Crippen LogP contribution in [0, 0.1) is 0 Å². The molecule has 0 bridgehead atoms. The second-order valence-corrected chi connectivity index (χ2v) is 4.56. The van der Waals surface area contributed by atoms with Crippen molar-refractivity contribution in [3.8, 4) is 0 Å². The largest absolute Gasteiger partial charge is 0.355 e. The van der Waals surface area contributed by atoms with Crippen LogP contribution in [0.2, 0.25) is 0 Å². The average Bonchev–Trinajstić information content (AvgIpc) is 2.66. The van der Waals surface area contributed by atoms with E-state index in [4.69, 9.17) is 0 Å². The molecule has 0 saturated carbocycles. The van der Waals surface area contributed by atoms with Gasteiger partial charge in [0.15, 0.2) is 0 Å². The maximum Gasteiger partial charge on any atom is 0.0464 e. The standard InChI is InChI=1S/C12H9N.C3H9N/c1-3-7-11-9(5-1)10-6-2-4-8-12(10)13-11;1-4(2)3/h1-8,13H;1-3H3. The van der Waals surface area contributed by atoms with Gasteiger partial charge in [0.2, 0.25) is 0 Å². The molecule has 0 aliphatic heterocycles. The normalized spacial score (nSPS) is 10.6. The van der Waals surface area contributed by atoms with E-state index >= 15 is 0 Å². The molecule has 3 aromatic rings. The number of hydrogen-bond acceptors (Lipinski definition) is 1. The van der Waals surface area contributed by atoms with Crippen LogP contribution in [-0.4, -0.2) is 31.0 Å². The summed E-state index contributed by atoms with van der Waals surface area (Å²) in [5, 5.41) is 2.61. The zero-order valence-electron chi connectivity index (χ0n) is 10.6. The van der Waals surface area contributed by atoms with E-state index in [1.165, 1.54) is 21.8 Å². The number of rotatable bonds is 0. The Morgan fingerprint density at radius 1 is 0.706 bits per heavy atom. The predicted molar refractivity (Wildman–Crippen MR) is 75.4 cm³/mol. The number of nitrogens with one attached hydrogen (secondary N) is 1. The summed E-state index contributed by atoms with van der Waals surface area (Å²) in [6.45, 7) is 0. The van der Waals surface area contributed by atoms with Gasteiger partial charge in [0.05, 0.1) is 0 Å². The maximum atomic E-state index is 3.38. The lowest BCUT2D eigenvalue weighted by molar-refractivity contribution is 0.505. The first kappa shape index (κ1) is 11.7. The van der Waals surface area contributed by atoms with Crippen molar-refractivity contribution >= 4 is 21.8 Å². The molecule has 1 aromatic heterocycles. The fraction of sp³-hybridized carbons (Fsp3) is 0.200. The number of fused-ring (bicyclic) bond motifs is 3. The smallest absolute Gasteiger partial charge is 0.0464 e. The fourth-order valence-corrected chi connectivity index (χ4v) is 1.80. The summed E-state index contributed by atoms with van der Waals surface area (Å²) in [7, 11) is 6.00. The summed E-state index contributed by atoms with van der Waals surface area (Å²) in [5.74, 6) is 0. The third-order valence-corrected chi connectivity index (χ3v) is 2.41. The highest BCUT2D eigenvalue weighted by Gasteiger charge is 2.00. The first-order valence-electron chi connectivity index (χ1n) is 5.75. The third kappa shape index (κ3) is 2.66. The van der Waals surface area contributed by atoms with Crippen LogP contribution in [0.5, 0.6) is 0 Å². The second-order valence-electron chi connectivity index (χ2n) is 4.56. The van der Waals surface area contributed by atoms with Gasteiger partial charge in [0.1, 0.15) is 0 Å². The number of H-pyrrole nitrogens is 1. The van der Waals surface area contributed by atoms with Crippen molar-refractivity contribution in [2.45, 2.75) is 0 Å². The van der Waals surface area contributed by atoms with Crippen LogP contribution in [0.3, 0.4) is 0 Å². The fourth-order valence-electron chi connectivity index (χ4n) is 1.80. The quantitative estimate of drug-likeness (QED) is 0.621. The van der Waals surface area contributed by atoms with E-state index in [1.807, 2.05) is 26.0 Å². The molecule has 17 heavy (non-hydrogen) atoms. The first-order valence-corrected chi connectivity index (χ1v) is 5.75. The van der Waals surface area contributed by atoms with Crippen molar-refractivity contribution in [1.82, 2.24) is 9.88 Å². The van der Waals surface area contributed by atoms with Gasteiger partial charge in [-0.1, -0.05) is 36.4 Å². The zero-order chi connectivity index (χ0) is 12.3. The molecule has 0 unspecified atom stereocenters. The van der Waals surface area contributed by atoms with Crippen LogP contribution in [0.1, 0.15) is 0 Å². The van der Waals surface area contributed by atoms with Gasteiger partial charge in [0, 0.05) is 21.8 Å². The summed E-state index contributed by atoms with van der Waals surface area (Å²) in [6, 6.07) is 16.8. The molecule has 0 saturated heterocycles. The van der Waals surface area contributed by atoms with Gasteiger partial charge in [-0.05, 0) is 33.3 Å². The summed E-state index contributed by atoms with van der Waals surface area (Å²) in [5.41, 5.74) is 2.42. The Labute approximate surface area is 102 Å². The van der Waals surface area contributed by atoms with Crippen LogP contribution in [0.4, 0.5) is 0 Å². The van der Waals surface area contributed by atoms with Gasteiger partial charge < -0.3 is 9.88 Å². The van der Waals surface area contributed by atoms with Crippen molar-refractivity contribution in [3.63, 3.8) is 0 Å². The van der Waals surface area contributed by atoms with Crippen molar-refractivity contribution in [2.75, 3.05) is 21.1 Å². The lowest BCUT2D eigenvalue weighted by Gasteiger charge is -1.90. The Bertz CT molecular complexity index is 555. The van der Waals surface area contributed by atoms with Gasteiger partial charge in [-0.2, -0.15) is 0 Å². The van der Waals surface area contributed by atoms with E-state index in [0.29, 0.717) is 0 Å². The Morgan fingerprint density at radius 2 is 1.06 bits per heavy atom. The first-order chi connectivity index (χ1) is 8.18. The molecule has 0 aliphatic rings. The summed E-state index contributed by atoms with van der Waals surface area (Å²) in [4.78, 5) is 5.38. The number of aromatic amines is 1. The lowest BCUT2D eigenvalue weighted by atomic mass is 10.2. The molecule has 88 valence electrons. The minimum Gasteiger partial charge on any atom is -0.355 e. The molecule has 0 aliphatic carbocycles. The molecule has 0 fully saturated rings. The van der Waals surface area contributed by atoms with E-state index < -0.39 is 0 Å². The van der Waals surface area contributed by atoms with Gasteiger partial charge in [-0.3, -0.25) is 0 Å². The number of aromatic nitrogens is 1. The Kier molecular flexibility index (Phi) is 3.45. The minimum absolute atomic E-state index is 1.21. The van der Waals surface area contributed by atoms with E-state index in [-0.39, 0.29) is 0 Å². The molecule has 1 N–H and O–H groups in total. The number of para-hydroxylation sites is 2. The van der Waals surface area contributed by atoms with Gasteiger partial charge in [-0.15, -0.1) is 0 Å². The minimum atomic E-state index is 1.21. The van der Waals surface area contributed by atoms with Gasteiger partial charge in [-0.25, -0.2) is 0 Å². The highest BCUT2D eigenvalue weighted by Crippen LogP contribution is 2.24. The Morgan fingerprint density at radius 3 is 1.47 bits per heavy atom. The van der Waals surface area contributed by atoms with Crippen LogP contribution < -0.4 is 0 Å². The second kappa shape index (κ2) is 5.02. The van der Waals surface area contributed by atoms with E-state index in [0.717, 1.165) is 0 Å². The molecule has 0 radical (unpaired) electrons. The molecule has 0 amide bonds. The van der Waals surface area contributed by atoms with E-state index in [9.17, 15) is 0 Å². The number of benzene rings is 2. The van der Waals surface area contributed by atoms with Crippen molar-refractivity contribution in [2.24, 2.45) is 0 Å². The van der Waals surface area contributed by atoms with Crippen LogP contribution in [-0.2, 0) is 0 Å². The Hall–Kier alpha value is -1.80. The van der Waals surface area contributed by atoms with Crippen molar-refractivity contribution in [1.29, 1.82) is 0 Å². The maximum absolute atomic E-state index is 3.38. The van der Waals surface area contributed by atoms with Crippen LogP contribution in [0.25, 0.3) is 21.8 Å². The molecular weight excluding hydrogens is 208 g/mol. The van der Waals surface area contributed by atoms with Gasteiger partial charge in [0.25, 0.3) is 0 Å². The van der Waals surface area contributed by atoms with Crippen LogP contribution >= 0.6 is 0 Å². The molecule has 2 aromatic carbocycles. The SMILES string of the molecule is CN(C)C.c1ccc2c(c1)[nH]c1ccccc12. The molecule has 0 spiro atoms. The molecular formula is C15H18N2. The summed E-state index contributed by atoms with van der Waals surface area (Å²) >= 11 is 0. The van der Waals surface area contributed by atoms with Gasteiger partial charge >= 0.3 is 0 Å². The topological polar surface area (TPSA) is 19.0 Å². The van der Waals surface area contributed by atoms with Crippen molar-refractivity contribution < 1.29 is 0 Å². The number of hydrogen-bond donors (Lipinski definition) is 1. The van der Waals surface area contributed by atoms with Crippen molar-refractivity contribution in [3.05, 3.63) is 48.5 Å².